The molecule has 1 aliphatic heterocycles. The summed E-state index contributed by atoms with van der Waals surface area (Å²) in [5.41, 5.74) is 5.76. The van der Waals surface area contributed by atoms with Gasteiger partial charge in [-0.25, -0.2) is 0 Å². The molecule has 2 unspecified atom stereocenters. The van der Waals surface area contributed by atoms with Crippen LogP contribution in [0.1, 0.15) is 26.7 Å². The molecule has 1 rings (SSSR count). The molecule has 0 radical (unpaired) electrons. The summed E-state index contributed by atoms with van der Waals surface area (Å²) in [6.45, 7) is 5.57. The van der Waals surface area contributed by atoms with Gasteiger partial charge >= 0.3 is 0 Å². The van der Waals surface area contributed by atoms with E-state index in [1.807, 2.05) is 18.7 Å². The third kappa shape index (κ3) is 5.31. The van der Waals surface area contributed by atoms with Crippen LogP contribution in [0.2, 0.25) is 0 Å². The Morgan fingerprint density at radius 1 is 1.22 bits per heavy atom. The van der Waals surface area contributed by atoms with E-state index in [1.54, 1.807) is 0 Å². The van der Waals surface area contributed by atoms with Crippen LogP contribution in [-0.4, -0.2) is 55.0 Å². The number of halogens is 2. The van der Waals surface area contributed by atoms with Crippen LogP contribution in [0.25, 0.3) is 0 Å². The molecule has 1 amide bonds. The Morgan fingerprint density at radius 3 is 2.00 bits per heavy atom. The lowest BCUT2D eigenvalue weighted by molar-refractivity contribution is -0.137. The number of carbonyl (C=O) groups is 1. The van der Waals surface area contributed by atoms with Crippen LogP contribution < -0.4 is 5.73 Å². The molecular formula is C12H27Cl2N3O. The fourth-order valence-electron chi connectivity index (χ4n) is 2.12. The van der Waals surface area contributed by atoms with Gasteiger partial charge in [0.25, 0.3) is 0 Å². The Hall–Kier alpha value is -0.0300. The van der Waals surface area contributed by atoms with Gasteiger partial charge in [-0.3, -0.25) is 4.79 Å². The highest BCUT2D eigenvalue weighted by atomic mass is 35.5. The first-order valence-electron chi connectivity index (χ1n) is 6.14. The van der Waals surface area contributed by atoms with Gasteiger partial charge in [0.15, 0.2) is 0 Å². The minimum Gasteiger partial charge on any atom is -0.342 e. The lowest BCUT2D eigenvalue weighted by Crippen LogP contribution is -2.48. The quantitative estimate of drug-likeness (QED) is 0.856. The van der Waals surface area contributed by atoms with Gasteiger partial charge in [0, 0.05) is 25.2 Å². The number of amides is 1. The van der Waals surface area contributed by atoms with Crippen molar-refractivity contribution in [1.82, 2.24) is 9.80 Å². The van der Waals surface area contributed by atoms with E-state index in [2.05, 4.69) is 19.0 Å². The molecule has 1 saturated heterocycles. The van der Waals surface area contributed by atoms with Crippen LogP contribution in [0.5, 0.6) is 0 Å². The molecule has 0 spiro atoms. The molecule has 18 heavy (non-hydrogen) atoms. The van der Waals surface area contributed by atoms with Crippen molar-refractivity contribution in [3.63, 3.8) is 0 Å². The standard InChI is InChI=1S/C12H25N3O.2ClH/c1-9(10(2)13)12(16)15-7-5-11(6-8-15)14(3)4;;/h9-11H,5-8,13H2,1-4H3;2*1H. The van der Waals surface area contributed by atoms with Gasteiger partial charge in [0.2, 0.25) is 5.91 Å². The fourth-order valence-corrected chi connectivity index (χ4v) is 2.12. The predicted molar refractivity (Wildman–Crippen MR) is 80.6 cm³/mol. The van der Waals surface area contributed by atoms with Crippen LogP contribution >= 0.6 is 24.8 Å². The molecule has 1 heterocycles. The summed E-state index contributed by atoms with van der Waals surface area (Å²) in [6, 6.07) is 0.564. The van der Waals surface area contributed by atoms with E-state index in [0.29, 0.717) is 6.04 Å². The van der Waals surface area contributed by atoms with Crippen LogP contribution in [-0.2, 0) is 4.79 Å². The van der Waals surface area contributed by atoms with E-state index >= 15 is 0 Å². The Balaban J connectivity index is 0. The summed E-state index contributed by atoms with van der Waals surface area (Å²) in [4.78, 5) is 16.3. The highest BCUT2D eigenvalue weighted by Crippen LogP contribution is 2.17. The van der Waals surface area contributed by atoms with Crippen molar-refractivity contribution in [2.24, 2.45) is 11.7 Å². The molecule has 110 valence electrons. The summed E-state index contributed by atoms with van der Waals surface area (Å²) >= 11 is 0. The summed E-state index contributed by atoms with van der Waals surface area (Å²) in [5.74, 6) is 0.156. The second-order valence-corrected chi connectivity index (χ2v) is 5.17. The summed E-state index contributed by atoms with van der Waals surface area (Å²) in [6.07, 6.45) is 2.15. The maximum Gasteiger partial charge on any atom is 0.226 e. The molecule has 0 saturated carbocycles. The smallest absolute Gasteiger partial charge is 0.226 e. The van der Waals surface area contributed by atoms with Gasteiger partial charge in [-0.05, 0) is 33.9 Å². The zero-order valence-electron chi connectivity index (χ0n) is 11.8. The molecule has 0 aromatic rings. The van der Waals surface area contributed by atoms with E-state index in [9.17, 15) is 4.79 Å². The topological polar surface area (TPSA) is 49.6 Å². The van der Waals surface area contributed by atoms with Gasteiger partial charge in [0.05, 0.1) is 5.92 Å². The molecule has 1 aliphatic rings. The van der Waals surface area contributed by atoms with Gasteiger partial charge in [0.1, 0.15) is 0 Å². The number of nitrogens with two attached hydrogens (primary N) is 1. The van der Waals surface area contributed by atoms with Crippen molar-refractivity contribution in [3.05, 3.63) is 0 Å². The Kier molecular flexibility index (Phi) is 10.1. The van der Waals surface area contributed by atoms with Crippen molar-refractivity contribution < 1.29 is 4.79 Å². The maximum atomic E-state index is 12.0. The third-order valence-corrected chi connectivity index (χ3v) is 3.68. The average Bonchev–Trinajstić information content (AvgIpc) is 2.27. The van der Waals surface area contributed by atoms with Crippen LogP contribution in [0.4, 0.5) is 0 Å². The largest absolute Gasteiger partial charge is 0.342 e. The minimum atomic E-state index is -0.0593. The number of nitrogens with zero attached hydrogens (tertiary/aromatic N) is 2. The average molecular weight is 300 g/mol. The number of hydrogen-bond acceptors (Lipinski definition) is 3. The van der Waals surface area contributed by atoms with Gasteiger partial charge < -0.3 is 15.5 Å². The van der Waals surface area contributed by atoms with Crippen LogP contribution in [0.15, 0.2) is 0 Å². The van der Waals surface area contributed by atoms with Crippen molar-refractivity contribution in [2.45, 2.75) is 38.8 Å². The molecule has 0 aromatic carbocycles. The predicted octanol–water partition coefficient (Wildman–Crippen LogP) is 1.37. The number of rotatable bonds is 3. The SMILES string of the molecule is CC(N)C(C)C(=O)N1CCC(N(C)C)CC1.Cl.Cl. The highest BCUT2D eigenvalue weighted by molar-refractivity contribution is 5.85. The van der Waals surface area contributed by atoms with E-state index in [-0.39, 0.29) is 42.7 Å². The first-order valence-corrected chi connectivity index (χ1v) is 6.14. The zero-order chi connectivity index (χ0) is 12.3. The highest BCUT2D eigenvalue weighted by Gasteiger charge is 2.27. The molecule has 0 aliphatic carbocycles. The monoisotopic (exact) mass is 299 g/mol. The van der Waals surface area contributed by atoms with Gasteiger partial charge in [-0.15, -0.1) is 24.8 Å². The first kappa shape index (κ1) is 20.3. The molecule has 4 nitrogen and oxygen atoms in total. The lowest BCUT2D eigenvalue weighted by atomic mass is 9.99. The Morgan fingerprint density at radius 2 is 1.67 bits per heavy atom. The van der Waals surface area contributed by atoms with Crippen LogP contribution in [0.3, 0.4) is 0 Å². The molecule has 6 heteroatoms. The van der Waals surface area contributed by atoms with E-state index in [1.165, 1.54) is 0 Å². The lowest BCUT2D eigenvalue weighted by Gasteiger charge is -2.36. The first-order chi connectivity index (χ1) is 7.43. The molecule has 0 bridgehead atoms. The Labute approximate surface area is 123 Å². The molecule has 0 aromatic heterocycles. The molecular weight excluding hydrogens is 273 g/mol. The Bertz CT molecular complexity index is 241. The molecule has 1 fully saturated rings. The number of hydrogen-bond donors (Lipinski definition) is 1. The second kappa shape index (κ2) is 8.97. The van der Waals surface area contributed by atoms with Crippen LogP contribution in [0, 0.1) is 5.92 Å². The van der Waals surface area contributed by atoms with E-state index < -0.39 is 0 Å². The molecule has 2 N–H and O–H groups in total. The van der Waals surface area contributed by atoms with Gasteiger partial charge in [-0.2, -0.15) is 0 Å². The number of piperidine rings is 1. The molecule has 2 atom stereocenters. The summed E-state index contributed by atoms with van der Waals surface area (Å²) in [5, 5.41) is 0. The van der Waals surface area contributed by atoms with E-state index in [4.69, 9.17) is 5.73 Å². The second-order valence-electron chi connectivity index (χ2n) is 5.17. The summed E-state index contributed by atoms with van der Waals surface area (Å²) in [7, 11) is 4.21. The normalized spacial score (nSPS) is 19.8. The third-order valence-electron chi connectivity index (χ3n) is 3.68. The summed E-state index contributed by atoms with van der Waals surface area (Å²) < 4.78 is 0. The fraction of sp³-hybridized carbons (Fsp3) is 0.917. The van der Waals surface area contributed by atoms with Crippen molar-refractivity contribution in [2.75, 3.05) is 27.2 Å². The van der Waals surface area contributed by atoms with Crippen molar-refractivity contribution in [3.8, 4) is 0 Å². The number of likely N-dealkylation sites (tertiary alicyclic amines) is 1. The number of carbonyl (C=O) groups excluding carboxylic acids is 1. The zero-order valence-corrected chi connectivity index (χ0v) is 13.4. The van der Waals surface area contributed by atoms with Gasteiger partial charge in [-0.1, -0.05) is 6.92 Å². The van der Waals surface area contributed by atoms with Crippen molar-refractivity contribution in [1.29, 1.82) is 0 Å². The maximum absolute atomic E-state index is 12.0. The minimum absolute atomic E-state index is 0. The van der Waals surface area contributed by atoms with E-state index in [0.717, 1.165) is 25.9 Å². The van der Waals surface area contributed by atoms with Crippen molar-refractivity contribution >= 4 is 30.7 Å².